The van der Waals surface area contributed by atoms with Crippen LogP contribution in [0.3, 0.4) is 0 Å². The molecule has 0 aliphatic carbocycles. The Morgan fingerprint density at radius 2 is 1.68 bits per heavy atom. The lowest BCUT2D eigenvalue weighted by Gasteiger charge is -2.19. The second kappa shape index (κ2) is 5.43. The van der Waals surface area contributed by atoms with E-state index >= 15 is 0 Å². The van der Waals surface area contributed by atoms with E-state index in [1.165, 1.54) is 11.1 Å². The third kappa shape index (κ3) is 3.57. The van der Waals surface area contributed by atoms with Crippen molar-refractivity contribution in [2.75, 3.05) is 7.11 Å². The molecule has 1 heterocycles. The highest BCUT2D eigenvalue weighted by Crippen LogP contribution is 2.22. The highest BCUT2D eigenvalue weighted by atomic mass is 16.5. The second-order valence-corrected chi connectivity index (χ2v) is 5.79. The first kappa shape index (κ1) is 13.6. The van der Waals surface area contributed by atoms with Crippen molar-refractivity contribution in [3.8, 4) is 5.88 Å². The van der Waals surface area contributed by atoms with E-state index in [9.17, 15) is 0 Å². The Morgan fingerprint density at radius 1 is 1.00 bits per heavy atom. The topological polar surface area (TPSA) is 22.1 Å². The van der Waals surface area contributed by atoms with E-state index in [1.54, 1.807) is 7.11 Å². The maximum absolute atomic E-state index is 5.15. The first-order valence-corrected chi connectivity index (χ1v) is 6.58. The number of rotatable bonds is 3. The van der Waals surface area contributed by atoms with Gasteiger partial charge in [0, 0.05) is 18.2 Å². The van der Waals surface area contributed by atoms with Crippen LogP contribution >= 0.6 is 0 Å². The van der Waals surface area contributed by atoms with Crippen molar-refractivity contribution < 1.29 is 4.74 Å². The zero-order valence-electron chi connectivity index (χ0n) is 12.1. The molecule has 0 aliphatic heterocycles. The van der Waals surface area contributed by atoms with Crippen molar-refractivity contribution in [2.24, 2.45) is 0 Å². The van der Waals surface area contributed by atoms with Crippen LogP contribution in [0.5, 0.6) is 5.88 Å². The van der Waals surface area contributed by atoms with Crippen molar-refractivity contribution in [3.63, 3.8) is 0 Å². The molecule has 1 aromatic carbocycles. The molecule has 0 amide bonds. The van der Waals surface area contributed by atoms with Gasteiger partial charge < -0.3 is 4.74 Å². The van der Waals surface area contributed by atoms with Gasteiger partial charge >= 0.3 is 0 Å². The lowest BCUT2D eigenvalue weighted by molar-refractivity contribution is 0.396. The van der Waals surface area contributed by atoms with Crippen LogP contribution in [-0.4, -0.2) is 12.1 Å². The third-order valence-electron chi connectivity index (χ3n) is 3.20. The molecule has 2 nitrogen and oxygen atoms in total. The number of methoxy groups -OCH3 is 1. The number of hydrogen-bond acceptors (Lipinski definition) is 2. The van der Waals surface area contributed by atoms with Crippen molar-refractivity contribution in [1.82, 2.24) is 4.98 Å². The summed E-state index contributed by atoms with van der Waals surface area (Å²) >= 11 is 0. The van der Waals surface area contributed by atoms with Gasteiger partial charge in [-0.25, -0.2) is 4.98 Å². The predicted molar refractivity (Wildman–Crippen MR) is 78.7 cm³/mol. The third-order valence-corrected chi connectivity index (χ3v) is 3.20. The predicted octanol–water partition coefficient (Wildman–Crippen LogP) is 3.98. The van der Waals surface area contributed by atoms with Gasteiger partial charge in [-0.1, -0.05) is 51.1 Å². The fourth-order valence-electron chi connectivity index (χ4n) is 2.00. The Labute approximate surface area is 115 Å². The number of benzene rings is 1. The molecule has 0 saturated heterocycles. The zero-order chi connectivity index (χ0) is 13.9. The van der Waals surface area contributed by atoms with Crippen molar-refractivity contribution in [1.29, 1.82) is 0 Å². The molecular weight excluding hydrogens is 234 g/mol. The number of pyridine rings is 1. The molecule has 0 atom stereocenters. The van der Waals surface area contributed by atoms with Gasteiger partial charge in [0.15, 0.2) is 0 Å². The SMILES string of the molecule is COc1cccc(Cc2ccc(C(C)(C)C)cc2)n1. The minimum atomic E-state index is 0.201. The molecule has 100 valence electrons. The summed E-state index contributed by atoms with van der Waals surface area (Å²) in [7, 11) is 1.64. The summed E-state index contributed by atoms with van der Waals surface area (Å²) in [6.07, 6.45) is 0.835. The van der Waals surface area contributed by atoms with Gasteiger partial charge in [-0.05, 0) is 22.6 Å². The normalized spacial score (nSPS) is 11.4. The fraction of sp³-hybridized carbons (Fsp3) is 0.353. The quantitative estimate of drug-likeness (QED) is 0.827. The second-order valence-electron chi connectivity index (χ2n) is 5.79. The largest absolute Gasteiger partial charge is 0.481 e. The molecule has 0 aliphatic rings. The van der Waals surface area contributed by atoms with Gasteiger partial charge in [-0.3, -0.25) is 0 Å². The number of aromatic nitrogens is 1. The van der Waals surface area contributed by atoms with Crippen LogP contribution in [0, 0.1) is 0 Å². The van der Waals surface area contributed by atoms with Gasteiger partial charge in [0.2, 0.25) is 5.88 Å². The van der Waals surface area contributed by atoms with E-state index in [-0.39, 0.29) is 5.41 Å². The maximum Gasteiger partial charge on any atom is 0.213 e. The minimum Gasteiger partial charge on any atom is -0.481 e. The average Bonchev–Trinajstić information content (AvgIpc) is 2.38. The Kier molecular flexibility index (Phi) is 3.89. The summed E-state index contributed by atoms with van der Waals surface area (Å²) < 4.78 is 5.15. The lowest BCUT2D eigenvalue weighted by Crippen LogP contribution is -2.10. The molecule has 0 fully saturated rings. The van der Waals surface area contributed by atoms with E-state index in [0.29, 0.717) is 5.88 Å². The monoisotopic (exact) mass is 255 g/mol. The molecule has 0 saturated carbocycles. The Morgan fingerprint density at radius 3 is 2.26 bits per heavy atom. The van der Waals surface area contributed by atoms with E-state index in [0.717, 1.165) is 12.1 Å². The highest BCUT2D eigenvalue weighted by Gasteiger charge is 2.12. The van der Waals surface area contributed by atoms with Crippen LogP contribution < -0.4 is 4.74 Å². The van der Waals surface area contributed by atoms with Gasteiger partial charge in [-0.15, -0.1) is 0 Å². The molecule has 0 unspecified atom stereocenters. The summed E-state index contributed by atoms with van der Waals surface area (Å²) in [5.41, 5.74) is 3.86. The Balaban J connectivity index is 2.15. The van der Waals surface area contributed by atoms with Gasteiger partial charge in [0.25, 0.3) is 0 Å². The first-order valence-electron chi connectivity index (χ1n) is 6.58. The van der Waals surface area contributed by atoms with E-state index in [1.807, 2.05) is 18.2 Å². The number of hydrogen-bond donors (Lipinski definition) is 0. The van der Waals surface area contributed by atoms with E-state index in [4.69, 9.17) is 4.74 Å². The molecule has 0 spiro atoms. The van der Waals surface area contributed by atoms with Crippen molar-refractivity contribution in [2.45, 2.75) is 32.6 Å². The summed E-state index contributed by atoms with van der Waals surface area (Å²) in [5.74, 6) is 0.670. The molecule has 1 aromatic heterocycles. The zero-order valence-corrected chi connectivity index (χ0v) is 12.1. The van der Waals surface area contributed by atoms with Crippen LogP contribution in [0.25, 0.3) is 0 Å². The molecule has 0 N–H and O–H groups in total. The molecular formula is C17H21NO. The standard InChI is InChI=1S/C17H21NO/c1-17(2,3)14-10-8-13(9-11-14)12-15-6-5-7-16(18-15)19-4/h5-11H,12H2,1-4H3. The fourth-order valence-corrected chi connectivity index (χ4v) is 2.00. The molecule has 0 radical (unpaired) electrons. The molecule has 2 heteroatoms. The minimum absolute atomic E-state index is 0.201. The molecule has 0 bridgehead atoms. The van der Waals surface area contributed by atoms with Gasteiger partial charge in [0.1, 0.15) is 0 Å². The van der Waals surface area contributed by atoms with Crippen LogP contribution in [-0.2, 0) is 11.8 Å². The van der Waals surface area contributed by atoms with Crippen molar-refractivity contribution >= 4 is 0 Å². The summed E-state index contributed by atoms with van der Waals surface area (Å²) in [4.78, 5) is 4.44. The summed E-state index contributed by atoms with van der Waals surface area (Å²) in [5, 5.41) is 0. The Bertz CT molecular complexity index is 538. The smallest absolute Gasteiger partial charge is 0.213 e. The van der Waals surface area contributed by atoms with Crippen LogP contribution in [0.2, 0.25) is 0 Å². The Hall–Kier alpha value is -1.83. The molecule has 2 rings (SSSR count). The van der Waals surface area contributed by atoms with E-state index < -0.39 is 0 Å². The number of nitrogens with zero attached hydrogens (tertiary/aromatic N) is 1. The number of ether oxygens (including phenoxy) is 1. The summed E-state index contributed by atoms with van der Waals surface area (Å²) in [6.45, 7) is 6.68. The maximum atomic E-state index is 5.15. The molecule has 19 heavy (non-hydrogen) atoms. The van der Waals surface area contributed by atoms with Crippen LogP contribution in [0.4, 0.5) is 0 Å². The van der Waals surface area contributed by atoms with Gasteiger partial charge in [0.05, 0.1) is 7.11 Å². The van der Waals surface area contributed by atoms with Gasteiger partial charge in [-0.2, -0.15) is 0 Å². The first-order chi connectivity index (χ1) is 8.99. The molecule has 2 aromatic rings. The lowest BCUT2D eigenvalue weighted by atomic mass is 9.86. The van der Waals surface area contributed by atoms with E-state index in [2.05, 4.69) is 50.0 Å². The highest BCUT2D eigenvalue weighted by molar-refractivity contribution is 5.30. The average molecular weight is 255 g/mol. The van der Waals surface area contributed by atoms with Crippen LogP contribution in [0.1, 0.15) is 37.6 Å². The van der Waals surface area contributed by atoms with Crippen LogP contribution in [0.15, 0.2) is 42.5 Å². The summed E-state index contributed by atoms with van der Waals surface area (Å²) in [6, 6.07) is 14.6. The van der Waals surface area contributed by atoms with Crippen molar-refractivity contribution in [3.05, 3.63) is 59.3 Å².